The largest absolute Gasteiger partial charge is 0.366 e. The maximum atomic E-state index is 11.8. The molecule has 0 saturated carbocycles. The van der Waals surface area contributed by atoms with Crippen LogP contribution in [0.3, 0.4) is 0 Å². The number of hydrogen-bond acceptors (Lipinski definition) is 3. The summed E-state index contributed by atoms with van der Waals surface area (Å²) in [5.74, 6) is -0.460. The van der Waals surface area contributed by atoms with Crippen molar-refractivity contribution in [3.05, 3.63) is 58.5 Å². The number of hydrogen-bond donors (Lipinski definition) is 1. The average Bonchev–Trinajstić information content (AvgIpc) is 2.46. The third kappa shape index (κ3) is 2.53. The lowest BCUT2D eigenvalue weighted by atomic mass is 9.96. The molecular formula is C17H14ClN3O. The molecule has 2 heterocycles. The van der Waals surface area contributed by atoms with E-state index in [4.69, 9.17) is 17.3 Å². The van der Waals surface area contributed by atoms with E-state index in [0.29, 0.717) is 10.7 Å². The Kier molecular flexibility index (Phi) is 3.54. The molecule has 22 heavy (non-hydrogen) atoms. The first-order valence-corrected chi connectivity index (χ1v) is 7.18. The number of amides is 1. The minimum absolute atomic E-state index is 0.450. The standard InChI is InChI=1S/C17H14ClN3O/c1-9-7-13(17(19)22)16(10(2)20-9)12-3-5-14-11(8-12)4-6-15(18)21-14/h3-8H,1-2H3,(H2,19,22). The Labute approximate surface area is 133 Å². The van der Waals surface area contributed by atoms with E-state index in [2.05, 4.69) is 9.97 Å². The van der Waals surface area contributed by atoms with Crippen molar-refractivity contribution < 1.29 is 4.79 Å². The van der Waals surface area contributed by atoms with E-state index < -0.39 is 5.91 Å². The molecule has 110 valence electrons. The van der Waals surface area contributed by atoms with Crippen LogP contribution in [0.2, 0.25) is 5.15 Å². The number of aromatic nitrogens is 2. The van der Waals surface area contributed by atoms with Gasteiger partial charge in [-0.15, -0.1) is 0 Å². The van der Waals surface area contributed by atoms with Gasteiger partial charge in [-0.1, -0.05) is 17.7 Å². The van der Waals surface area contributed by atoms with Crippen LogP contribution in [0, 0.1) is 13.8 Å². The summed E-state index contributed by atoms with van der Waals surface area (Å²) in [4.78, 5) is 20.5. The van der Waals surface area contributed by atoms with Gasteiger partial charge in [0.25, 0.3) is 0 Å². The number of primary amides is 1. The molecule has 3 rings (SSSR count). The third-order valence-corrected chi connectivity index (χ3v) is 3.75. The Morgan fingerprint density at radius 1 is 1.09 bits per heavy atom. The summed E-state index contributed by atoms with van der Waals surface area (Å²) in [7, 11) is 0. The molecule has 5 heteroatoms. The first-order valence-electron chi connectivity index (χ1n) is 6.80. The number of rotatable bonds is 2. The minimum atomic E-state index is -0.460. The lowest BCUT2D eigenvalue weighted by Crippen LogP contribution is -2.14. The normalized spacial score (nSPS) is 10.9. The van der Waals surface area contributed by atoms with E-state index in [1.807, 2.05) is 38.1 Å². The second-order valence-corrected chi connectivity index (χ2v) is 5.56. The van der Waals surface area contributed by atoms with Gasteiger partial charge in [0.1, 0.15) is 5.15 Å². The van der Waals surface area contributed by atoms with Crippen LogP contribution in [0.1, 0.15) is 21.7 Å². The van der Waals surface area contributed by atoms with Gasteiger partial charge in [0.05, 0.1) is 11.1 Å². The Bertz CT molecular complexity index is 906. The lowest BCUT2D eigenvalue weighted by molar-refractivity contribution is 0.100. The highest BCUT2D eigenvalue weighted by atomic mass is 35.5. The molecule has 0 atom stereocenters. The number of halogens is 1. The molecular weight excluding hydrogens is 298 g/mol. The summed E-state index contributed by atoms with van der Waals surface area (Å²) in [5, 5.41) is 1.39. The van der Waals surface area contributed by atoms with Crippen molar-refractivity contribution in [2.75, 3.05) is 0 Å². The summed E-state index contributed by atoms with van der Waals surface area (Å²) in [6.45, 7) is 3.72. The number of fused-ring (bicyclic) bond motifs is 1. The summed E-state index contributed by atoms with van der Waals surface area (Å²) in [6.07, 6.45) is 0. The molecule has 0 saturated heterocycles. The number of carbonyl (C=O) groups is 1. The quantitative estimate of drug-likeness (QED) is 0.734. The maximum Gasteiger partial charge on any atom is 0.249 e. The number of carbonyl (C=O) groups excluding carboxylic acids is 1. The molecule has 1 aromatic carbocycles. The van der Waals surface area contributed by atoms with Gasteiger partial charge < -0.3 is 5.73 Å². The van der Waals surface area contributed by atoms with E-state index in [1.165, 1.54) is 0 Å². The van der Waals surface area contributed by atoms with Gasteiger partial charge in [0.2, 0.25) is 5.91 Å². The van der Waals surface area contributed by atoms with Crippen LogP contribution in [-0.4, -0.2) is 15.9 Å². The van der Waals surface area contributed by atoms with Gasteiger partial charge >= 0.3 is 0 Å². The highest BCUT2D eigenvalue weighted by molar-refractivity contribution is 6.29. The molecule has 0 spiro atoms. The highest BCUT2D eigenvalue weighted by Gasteiger charge is 2.15. The predicted molar refractivity (Wildman–Crippen MR) is 88.0 cm³/mol. The van der Waals surface area contributed by atoms with Gasteiger partial charge in [0.15, 0.2) is 0 Å². The van der Waals surface area contributed by atoms with Crippen molar-refractivity contribution in [2.24, 2.45) is 5.73 Å². The van der Waals surface area contributed by atoms with Crippen LogP contribution in [0.15, 0.2) is 36.4 Å². The smallest absolute Gasteiger partial charge is 0.249 e. The average molecular weight is 312 g/mol. The van der Waals surface area contributed by atoms with Crippen LogP contribution in [0.4, 0.5) is 0 Å². The van der Waals surface area contributed by atoms with E-state index in [-0.39, 0.29) is 0 Å². The minimum Gasteiger partial charge on any atom is -0.366 e. The van der Waals surface area contributed by atoms with Crippen LogP contribution in [-0.2, 0) is 0 Å². The molecule has 2 N–H and O–H groups in total. The van der Waals surface area contributed by atoms with Crippen LogP contribution in [0.25, 0.3) is 22.0 Å². The molecule has 0 unspecified atom stereocenters. The highest BCUT2D eigenvalue weighted by Crippen LogP contribution is 2.29. The fourth-order valence-electron chi connectivity index (χ4n) is 2.64. The molecule has 0 aliphatic heterocycles. The molecule has 1 amide bonds. The van der Waals surface area contributed by atoms with Crippen molar-refractivity contribution in [2.45, 2.75) is 13.8 Å². The topological polar surface area (TPSA) is 68.9 Å². The van der Waals surface area contributed by atoms with Gasteiger partial charge in [-0.3, -0.25) is 9.78 Å². The van der Waals surface area contributed by atoms with Crippen LogP contribution < -0.4 is 5.73 Å². The molecule has 3 aromatic rings. The summed E-state index contributed by atoms with van der Waals surface area (Å²) in [5.41, 5.74) is 9.99. The molecule has 0 aliphatic carbocycles. The molecule has 0 fully saturated rings. The number of nitrogens with two attached hydrogens (primary N) is 1. The van der Waals surface area contributed by atoms with Gasteiger partial charge in [-0.2, -0.15) is 0 Å². The number of pyridine rings is 2. The fourth-order valence-corrected chi connectivity index (χ4v) is 2.80. The van der Waals surface area contributed by atoms with Crippen LogP contribution in [0.5, 0.6) is 0 Å². The number of benzene rings is 1. The molecule has 2 aromatic heterocycles. The Hall–Kier alpha value is -2.46. The zero-order chi connectivity index (χ0) is 15.9. The van der Waals surface area contributed by atoms with Crippen molar-refractivity contribution >= 4 is 28.4 Å². The van der Waals surface area contributed by atoms with Crippen LogP contribution >= 0.6 is 11.6 Å². The van der Waals surface area contributed by atoms with Crippen molar-refractivity contribution in [1.29, 1.82) is 0 Å². The molecule has 4 nitrogen and oxygen atoms in total. The van der Waals surface area contributed by atoms with E-state index >= 15 is 0 Å². The predicted octanol–water partition coefficient (Wildman–Crippen LogP) is 3.67. The zero-order valence-corrected chi connectivity index (χ0v) is 13.0. The molecule has 0 aliphatic rings. The maximum absolute atomic E-state index is 11.8. The monoisotopic (exact) mass is 311 g/mol. The zero-order valence-electron chi connectivity index (χ0n) is 12.2. The summed E-state index contributed by atoms with van der Waals surface area (Å²) >= 11 is 5.90. The van der Waals surface area contributed by atoms with E-state index in [0.717, 1.165) is 33.4 Å². The van der Waals surface area contributed by atoms with Crippen molar-refractivity contribution in [3.63, 3.8) is 0 Å². The summed E-state index contributed by atoms with van der Waals surface area (Å²) in [6, 6.07) is 11.1. The Morgan fingerprint density at radius 2 is 1.86 bits per heavy atom. The SMILES string of the molecule is Cc1cc(C(N)=O)c(-c2ccc3nc(Cl)ccc3c2)c(C)n1. The van der Waals surface area contributed by atoms with Gasteiger partial charge in [-0.25, -0.2) is 4.98 Å². The van der Waals surface area contributed by atoms with E-state index in [9.17, 15) is 4.79 Å². The summed E-state index contributed by atoms with van der Waals surface area (Å²) < 4.78 is 0. The Balaban J connectivity index is 2.27. The van der Waals surface area contributed by atoms with Crippen molar-refractivity contribution in [3.8, 4) is 11.1 Å². The second-order valence-electron chi connectivity index (χ2n) is 5.18. The molecule has 0 bridgehead atoms. The number of nitrogens with zero attached hydrogens (tertiary/aromatic N) is 2. The number of aryl methyl sites for hydroxylation is 2. The second kappa shape index (κ2) is 5.39. The fraction of sp³-hybridized carbons (Fsp3) is 0.118. The lowest BCUT2D eigenvalue weighted by Gasteiger charge is -2.12. The Morgan fingerprint density at radius 3 is 2.59 bits per heavy atom. The van der Waals surface area contributed by atoms with Gasteiger partial charge in [0, 0.05) is 22.3 Å². The first-order chi connectivity index (χ1) is 10.5. The van der Waals surface area contributed by atoms with Crippen molar-refractivity contribution in [1.82, 2.24) is 9.97 Å². The van der Waals surface area contributed by atoms with Gasteiger partial charge in [-0.05, 0) is 49.7 Å². The third-order valence-electron chi connectivity index (χ3n) is 3.54. The van der Waals surface area contributed by atoms with E-state index in [1.54, 1.807) is 12.1 Å². The molecule has 0 radical (unpaired) electrons. The first kappa shape index (κ1) is 14.5.